The number of methoxy groups -OCH3 is 2. The van der Waals surface area contributed by atoms with Gasteiger partial charge in [-0.3, -0.25) is 58.0 Å². The normalized spacial score (nSPS) is 15.9. The van der Waals surface area contributed by atoms with Crippen LogP contribution in [0.25, 0.3) is 0 Å². The van der Waals surface area contributed by atoms with E-state index in [1.807, 2.05) is 19.6 Å². The molecule has 0 aromatic heterocycles. The van der Waals surface area contributed by atoms with Crippen molar-refractivity contribution >= 4 is 47.3 Å². The average Bonchev–Trinajstić information content (AvgIpc) is 3.07. The summed E-state index contributed by atoms with van der Waals surface area (Å²) in [5, 5.41) is 5.18. The molecule has 1 saturated heterocycles. The van der Waals surface area contributed by atoms with Crippen LogP contribution in [0.5, 0.6) is 0 Å². The minimum atomic E-state index is -0.714. The van der Waals surface area contributed by atoms with Crippen molar-refractivity contribution in [2.75, 3.05) is 106 Å². The van der Waals surface area contributed by atoms with E-state index in [9.17, 15) is 38.4 Å². The minimum absolute atomic E-state index is 0.00910. The lowest BCUT2D eigenvalue weighted by atomic mass is 10.2. The lowest BCUT2D eigenvalue weighted by Crippen LogP contribution is -2.50. The van der Waals surface area contributed by atoms with Crippen LogP contribution in [0, 0.1) is 0 Å². The number of esters is 4. The molecule has 0 aliphatic carbocycles. The number of Topliss-reactive ketones (excluding diaryl/α,β-unsaturated/α-hetero) is 2. The first-order valence-corrected chi connectivity index (χ1v) is 18.2. The summed E-state index contributed by atoms with van der Waals surface area (Å²) in [5.74, 6) is -3.38. The maximum atomic E-state index is 13.0. The van der Waals surface area contributed by atoms with Crippen LogP contribution in [0.15, 0.2) is 0 Å². The maximum Gasteiger partial charge on any atom is 0.325 e. The first kappa shape index (κ1) is 48.0. The van der Waals surface area contributed by atoms with Gasteiger partial charge in [0.25, 0.3) is 0 Å². The van der Waals surface area contributed by atoms with Gasteiger partial charge in [-0.25, -0.2) is 0 Å². The monoisotopic (exact) mass is 770 g/mol. The van der Waals surface area contributed by atoms with E-state index >= 15 is 0 Å². The Kier molecular flexibility index (Phi) is 21.7. The van der Waals surface area contributed by atoms with Gasteiger partial charge in [-0.1, -0.05) is 0 Å². The first-order valence-electron chi connectivity index (χ1n) is 18.2. The van der Waals surface area contributed by atoms with Gasteiger partial charge in [-0.05, 0) is 41.5 Å². The van der Waals surface area contributed by atoms with E-state index in [2.05, 4.69) is 20.1 Å². The number of hydrogen-bond donors (Lipinski definition) is 2. The molecule has 0 bridgehead atoms. The molecule has 18 nitrogen and oxygen atoms in total. The smallest absolute Gasteiger partial charge is 0.325 e. The summed E-state index contributed by atoms with van der Waals surface area (Å²) in [6.45, 7) is 12.2. The fraction of sp³-hybridized carbons (Fsp3) is 0.778. The van der Waals surface area contributed by atoms with Gasteiger partial charge in [-0.2, -0.15) is 0 Å². The van der Waals surface area contributed by atoms with Crippen LogP contribution in [-0.2, 0) is 57.3 Å². The summed E-state index contributed by atoms with van der Waals surface area (Å²) in [4.78, 5) is 107. The summed E-state index contributed by atoms with van der Waals surface area (Å²) in [6, 6.07) is 0. The van der Waals surface area contributed by atoms with E-state index in [1.165, 1.54) is 14.2 Å². The molecule has 54 heavy (non-hydrogen) atoms. The van der Waals surface area contributed by atoms with Gasteiger partial charge in [0, 0.05) is 65.2 Å². The molecule has 0 saturated carbocycles. The highest BCUT2D eigenvalue weighted by molar-refractivity contribution is 5.85. The molecule has 308 valence electrons. The number of ketones is 2. The molecule has 1 heterocycles. The molecule has 0 spiro atoms. The Morgan fingerprint density at radius 2 is 0.722 bits per heavy atom. The number of carbonyl (C=O) groups is 8. The van der Waals surface area contributed by atoms with Crippen molar-refractivity contribution in [2.24, 2.45) is 0 Å². The molecule has 1 fully saturated rings. The van der Waals surface area contributed by atoms with Gasteiger partial charge < -0.3 is 29.6 Å². The minimum Gasteiger partial charge on any atom is -0.469 e. The molecule has 0 atom stereocenters. The zero-order valence-corrected chi connectivity index (χ0v) is 33.4. The topological polar surface area (TPSA) is 210 Å². The Morgan fingerprint density at radius 1 is 0.444 bits per heavy atom. The lowest BCUT2D eigenvalue weighted by molar-refractivity contribution is -0.155. The molecule has 0 radical (unpaired) electrons. The van der Waals surface area contributed by atoms with Crippen molar-refractivity contribution < 1.29 is 57.3 Å². The van der Waals surface area contributed by atoms with Gasteiger partial charge in [0.1, 0.15) is 35.9 Å². The highest BCUT2D eigenvalue weighted by Gasteiger charge is 2.24. The number of rotatable bonds is 18. The van der Waals surface area contributed by atoms with Crippen LogP contribution in [0.1, 0.15) is 67.2 Å². The standard InChI is InChI=1S/C36H62N6O12/c1-35(2,3)53-33(49)21-37-29(45)25-41-17-13-39(23-27(43)9-11-31(47)51-7)15-19-42(26-30(46)38-22-34(50)54-36(4,5)6)20-16-40(14-18-41)24-28(44)10-12-32(48)52-8/h9-26H2,1-8H3,(H,37,45)(H,38,46). The Hall–Kier alpha value is -4.00. The van der Waals surface area contributed by atoms with Crippen LogP contribution in [-0.4, -0.2) is 184 Å². The van der Waals surface area contributed by atoms with E-state index in [0.29, 0.717) is 52.4 Å². The van der Waals surface area contributed by atoms with Crippen molar-refractivity contribution in [2.45, 2.75) is 78.4 Å². The van der Waals surface area contributed by atoms with Crippen molar-refractivity contribution in [3.63, 3.8) is 0 Å². The molecule has 1 aliphatic heterocycles. The highest BCUT2D eigenvalue weighted by Crippen LogP contribution is 2.08. The van der Waals surface area contributed by atoms with Crippen LogP contribution in [0.2, 0.25) is 0 Å². The second-order valence-corrected chi connectivity index (χ2v) is 15.1. The molecule has 0 aromatic rings. The largest absolute Gasteiger partial charge is 0.469 e. The van der Waals surface area contributed by atoms with E-state index in [1.54, 1.807) is 41.5 Å². The number of nitrogens with one attached hydrogen (secondary N) is 2. The van der Waals surface area contributed by atoms with E-state index in [0.717, 1.165) is 0 Å². The molecule has 2 amide bonds. The van der Waals surface area contributed by atoms with Gasteiger partial charge in [0.2, 0.25) is 11.8 Å². The summed E-state index contributed by atoms with van der Waals surface area (Å²) in [5.41, 5.74) is -1.43. The molecule has 18 heteroatoms. The van der Waals surface area contributed by atoms with Crippen molar-refractivity contribution in [1.29, 1.82) is 0 Å². The Labute approximate surface area is 318 Å². The molecular formula is C36H62N6O12. The third-order valence-corrected chi connectivity index (χ3v) is 7.84. The predicted octanol–water partition coefficient (Wildman–Crippen LogP) is -0.832. The fourth-order valence-electron chi connectivity index (χ4n) is 5.17. The SMILES string of the molecule is COC(=O)CCC(=O)CN1CCN(CC(=O)NCC(=O)OC(C)(C)C)CCN(CC(=O)CCC(=O)OC)CCN(CC(=O)NCC(=O)OC(C)(C)C)CC1. The van der Waals surface area contributed by atoms with Gasteiger partial charge >= 0.3 is 23.9 Å². The van der Waals surface area contributed by atoms with Gasteiger partial charge in [0.15, 0.2) is 0 Å². The summed E-state index contributed by atoms with van der Waals surface area (Å²) in [7, 11) is 2.50. The van der Waals surface area contributed by atoms with E-state index < -0.39 is 46.9 Å². The summed E-state index contributed by atoms with van der Waals surface area (Å²) in [6.07, 6.45) is -0.165. The first-order chi connectivity index (χ1) is 25.2. The number of hydrogen-bond acceptors (Lipinski definition) is 16. The zero-order valence-electron chi connectivity index (χ0n) is 33.4. The Bertz CT molecular complexity index is 1170. The molecular weight excluding hydrogens is 708 g/mol. The Morgan fingerprint density at radius 3 is 0.981 bits per heavy atom. The molecule has 2 N–H and O–H groups in total. The van der Waals surface area contributed by atoms with Crippen LogP contribution in [0.4, 0.5) is 0 Å². The van der Waals surface area contributed by atoms with E-state index in [4.69, 9.17) is 9.47 Å². The zero-order chi connectivity index (χ0) is 40.9. The van der Waals surface area contributed by atoms with Crippen molar-refractivity contribution in [3.8, 4) is 0 Å². The number of ether oxygens (including phenoxy) is 4. The quantitative estimate of drug-likeness (QED) is 0.129. The number of amides is 2. The van der Waals surface area contributed by atoms with E-state index in [-0.39, 0.29) is 76.5 Å². The molecule has 1 aliphatic rings. The fourth-order valence-corrected chi connectivity index (χ4v) is 5.17. The Balaban J connectivity index is 3.21. The van der Waals surface area contributed by atoms with Crippen LogP contribution >= 0.6 is 0 Å². The number of carbonyl (C=O) groups excluding carboxylic acids is 8. The summed E-state index contributed by atoms with van der Waals surface area (Å²) >= 11 is 0. The maximum absolute atomic E-state index is 13.0. The third kappa shape index (κ3) is 24.3. The third-order valence-electron chi connectivity index (χ3n) is 7.84. The van der Waals surface area contributed by atoms with Crippen molar-refractivity contribution in [1.82, 2.24) is 30.2 Å². The summed E-state index contributed by atoms with van der Waals surface area (Å²) < 4.78 is 19.9. The van der Waals surface area contributed by atoms with Crippen LogP contribution in [0.3, 0.4) is 0 Å². The van der Waals surface area contributed by atoms with Crippen molar-refractivity contribution in [3.05, 3.63) is 0 Å². The lowest BCUT2D eigenvalue weighted by Gasteiger charge is -2.33. The molecule has 1 rings (SSSR count). The molecule has 0 unspecified atom stereocenters. The second-order valence-electron chi connectivity index (χ2n) is 15.1. The number of nitrogens with zero attached hydrogens (tertiary/aromatic N) is 4. The van der Waals surface area contributed by atoms with Gasteiger partial charge in [-0.15, -0.1) is 0 Å². The van der Waals surface area contributed by atoms with Crippen LogP contribution < -0.4 is 10.6 Å². The average molecular weight is 771 g/mol. The highest BCUT2D eigenvalue weighted by atomic mass is 16.6. The molecule has 0 aromatic carbocycles. The second kappa shape index (κ2) is 24.4. The van der Waals surface area contributed by atoms with Gasteiger partial charge in [0.05, 0.1) is 53.2 Å². The predicted molar refractivity (Wildman–Crippen MR) is 196 cm³/mol.